The molecule has 6 rings (SSSR count). The predicted octanol–water partition coefficient (Wildman–Crippen LogP) is 5.57. The van der Waals surface area contributed by atoms with Crippen LogP contribution in [0, 0.1) is 0 Å². The zero-order valence-electron chi connectivity index (χ0n) is 28.8. The number of ether oxygens (including phenoxy) is 5. The van der Waals surface area contributed by atoms with Crippen molar-refractivity contribution in [2.75, 3.05) is 26.6 Å². The normalized spacial score (nSPS) is 19.3. The van der Waals surface area contributed by atoms with Gasteiger partial charge in [0.25, 0.3) is 5.91 Å². The first kappa shape index (κ1) is 35.5. The molecule has 2 N–H and O–H groups in total. The summed E-state index contributed by atoms with van der Waals surface area (Å²) in [5.74, 6) is 1.11. The number of carbonyl (C=O) groups excluding carboxylic acids is 1. The minimum absolute atomic E-state index is 0.0884. The van der Waals surface area contributed by atoms with E-state index in [1.165, 1.54) is 23.9 Å². The average molecular weight is 692 g/mol. The molecule has 11 heteroatoms. The Morgan fingerprint density at radius 1 is 0.843 bits per heavy atom. The number of hydrogen-bond donors (Lipinski definition) is 2. The topological polar surface area (TPSA) is 130 Å². The van der Waals surface area contributed by atoms with E-state index in [2.05, 4.69) is 10.3 Å². The number of benzene rings is 4. The smallest absolute Gasteiger partial charge is 0.351 e. The van der Waals surface area contributed by atoms with Crippen LogP contribution in [-0.2, 0) is 19.8 Å². The van der Waals surface area contributed by atoms with Gasteiger partial charge < -0.3 is 34.1 Å². The molecular formula is C40H41N3O8. The molecule has 0 spiro atoms. The predicted molar refractivity (Wildman–Crippen MR) is 191 cm³/mol. The number of aromatic nitrogens is 2. The largest absolute Gasteiger partial charge is 0.497 e. The van der Waals surface area contributed by atoms with Crippen LogP contribution in [-0.4, -0.2) is 66.3 Å². The van der Waals surface area contributed by atoms with Crippen molar-refractivity contribution in [2.24, 2.45) is 0 Å². The molecule has 4 aromatic carbocycles. The third-order valence-corrected chi connectivity index (χ3v) is 9.08. The van der Waals surface area contributed by atoms with Crippen molar-refractivity contribution < 1.29 is 33.6 Å². The van der Waals surface area contributed by atoms with Crippen LogP contribution >= 0.6 is 0 Å². The van der Waals surface area contributed by atoms with Crippen LogP contribution in [0.25, 0.3) is 0 Å². The van der Waals surface area contributed by atoms with E-state index < -0.39 is 47.8 Å². The van der Waals surface area contributed by atoms with Crippen molar-refractivity contribution in [1.82, 2.24) is 9.55 Å². The minimum atomic E-state index is -1.09. The maximum absolute atomic E-state index is 13.2. The van der Waals surface area contributed by atoms with Crippen LogP contribution in [0.1, 0.15) is 46.6 Å². The number of hydrogen-bond acceptors (Lipinski definition) is 9. The number of rotatable bonds is 13. The Bertz CT molecular complexity index is 1910. The molecule has 1 amide bonds. The van der Waals surface area contributed by atoms with Crippen LogP contribution in [0.4, 0.5) is 5.82 Å². The van der Waals surface area contributed by atoms with Crippen molar-refractivity contribution >= 4 is 11.7 Å². The lowest BCUT2D eigenvalue weighted by Gasteiger charge is -2.39. The molecule has 264 valence electrons. The van der Waals surface area contributed by atoms with Crippen LogP contribution in [0.15, 0.2) is 126 Å². The van der Waals surface area contributed by atoms with Gasteiger partial charge >= 0.3 is 5.69 Å². The summed E-state index contributed by atoms with van der Waals surface area (Å²) in [6.45, 7) is 1.92. The number of aliphatic hydroxyl groups is 1. The molecule has 0 aliphatic carbocycles. The SMILES string of the molecule is COc1ccc(C(O[C@@H](C)C[C@H]2O[C@@H](n3ccc(NC(=O)c4ccccc4)nc3=O)[C@H](OC)[C@@H]2O)(c2ccccc2)c2ccc(OC)cc2)cc1. The average Bonchev–Trinajstić information content (AvgIpc) is 3.48. The summed E-state index contributed by atoms with van der Waals surface area (Å²) in [4.78, 5) is 29.9. The fraction of sp³-hybridized carbons (Fsp3) is 0.275. The number of carbonyl (C=O) groups is 1. The lowest BCUT2D eigenvalue weighted by atomic mass is 9.79. The van der Waals surface area contributed by atoms with E-state index in [9.17, 15) is 14.7 Å². The third kappa shape index (κ3) is 7.42. The van der Waals surface area contributed by atoms with Crippen molar-refractivity contribution in [3.8, 4) is 11.5 Å². The lowest BCUT2D eigenvalue weighted by Crippen LogP contribution is -2.39. The number of nitrogens with zero attached hydrogens (tertiary/aromatic N) is 2. The van der Waals surface area contributed by atoms with Gasteiger partial charge in [0.15, 0.2) is 6.23 Å². The number of methoxy groups -OCH3 is 3. The number of amides is 1. The second-order valence-electron chi connectivity index (χ2n) is 12.2. The van der Waals surface area contributed by atoms with Gasteiger partial charge in [0.2, 0.25) is 0 Å². The van der Waals surface area contributed by atoms with Crippen LogP contribution < -0.4 is 20.5 Å². The van der Waals surface area contributed by atoms with E-state index in [4.69, 9.17) is 23.7 Å². The van der Waals surface area contributed by atoms with Gasteiger partial charge in [-0.3, -0.25) is 9.36 Å². The van der Waals surface area contributed by atoms with Crippen molar-refractivity contribution in [3.05, 3.63) is 154 Å². The Labute approximate surface area is 296 Å². The Morgan fingerprint density at radius 2 is 1.39 bits per heavy atom. The molecule has 51 heavy (non-hydrogen) atoms. The van der Waals surface area contributed by atoms with E-state index in [0.717, 1.165) is 16.7 Å². The monoisotopic (exact) mass is 691 g/mol. The molecule has 1 saturated heterocycles. The maximum atomic E-state index is 13.2. The summed E-state index contributed by atoms with van der Waals surface area (Å²) in [6.07, 6.45) is -2.49. The quantitative estimate of drug-likeness (QED) is 0.152. The summed E-state index contributed by atoms with van der Waals surface area (Å²) in [5.41, 5.74) is 1.30. The fourth-order valence-corrected chi connectivity index (χ4v) is 6.55. The molecular weight excluding hydrogens is 650 g/mol. The van der Waals surface area contributed by atoms with Gasteiger partial charge in [-0.25, -0.2) is 4.79 Å². The highest BCUT2D eigenvalue weighted by Crippen LogP contribution is 2.44. The van der Waals surface area contributed by atoms with Crippen LogP contribution in [0.3, 0.4) is 0 Å². The van der Waals surface area contributed by atoms with Gasteiger partial charge in [-0.1, -0.05) is 72.8 Å². The molecule has 0 saturated carbocycles. The van der Waals surface area contributed by atoms with Crippen LogP contribution in [0.2, 0.25) is 0 Å². The van der Waals surface area contributed by atoms with E-state index in [0.29, 0.717) is 17.1 Å². The van der Waals surface area contributed by atoms with E-state index >= 15 is 0 Å². The number of anilines is 1. The van der Waals surface area contributed by atoms with Gasteiger partial charge in [-0.15, -0.1) is 0 Å². The second kappa shape index (κ2) is 15.7. The summed E-state index contributed by atoms with van der Waals surface area (Å²) in [5, 5.41) is 14.1. The molecule has 2 heterocycles. The van der Waals surface area contributed by atoms with Crippen molar-refractivity contribution in [1.29, 1.82) is 0 Å². The standard InChI is InChI=1S/C40H41N3O8/c1-26(51-40(28-13-9-6-10-14-28,29-15-19-31(47-2)20-16-29)30-17-21-32(48-3)22-18-30)25-33-35(44)36(49-4)38(50-33)43-24-23-34(42-39(43)46)41-37(45)27-11-7-5-8-12-27/h5-24,26,33,35-36,38,44H,25H2,1-4H3,(H,41,42,45,46)/t26-,33+,35+,36+,38+/m0/s1. The van der Waals surface area contributed by atoms with Crippen molar-refractivity contribution in [3.63, 3.8) is 0 Å². The molecule has 11 nitrogen and oxygen atoms in total. The molecule has 1 aromatic heterocycles. The zero-order valence-corrected chi connectivity index (χ0v) is 28.8. The lowest BCUT2D eigenvalue weighted by molar-refractivity contribution is -0.0885. The highest BCUT2D eigenvalue weighted by atomic mass is 16.6. The maximum Gasteiger partial charge on any atom is 0.351 e. The van der Waals surface area contributed by atoms with Crippen LogP contribution in [0.5, 0.6) is 11.5 Å². The first-order valence-corrected chi connectivity index (χ1v) is 16.6. The molecule has 0 unspecified atom stereocenters. The Hall–Kier alpha value is -5.33. The molecule has 1 aliphatic rings. The highest BCUT2D eigenvalue weighted by molar-refractivity contribution is 6.03. The highest BCUT2D eigenvalue weighted by Gasteiger charge is 2.47. The van der Waals surface area contributed by atoms with E-state index in [1.54, 1.807) is 44.6 Å². The molecule has 1 fully saturated rings. The van der Waals surface area contributed by atoms with Gasteiger partial charge in [-0.2, -0.15) is 4.98 Å². The molecule has 0 radical (unpaired) electrons. The third-order valence-electron chi connectivity index (χ3n) is 9.08. The minimum Gasteiger partial charge on any atom is -0.497 e. The Morgan fingerprint density at radius 3 is 1.92 bits per heavy atom. The van der Waals surface area contributed by atoms with E-state index in [1.807, 2.05) is 85.8 Å². The molecule has 0 bridgehead atoms. The first-order valence-electron chi connectivity index (χ1n) is 16.6. The molecule has 5 aromatic rings. The summed E-state index contributed by atoms with van der Waals surface area (Å²) in [6, 6.07) is 35.5. The van der Waals surface area contributed by atoms with Crippen molar-refractivity contribution in [2.45, 2.75) is 49.6 Å². The fourth-order valence-electron chi connectivity index (χ4n) is 6.55. The first-order chi connectivity index (χ1) is 24.8. The number of aliphatic hydroxyl groups excluding tert-OH is 1. The van der Waals surface area contributed by atoms with E-state index in [-0.39, 0.29) is 12.2 Å². The zero-order chi connectivity index (χ0) is 36.0. The van der Waals surface area contributed by atoms with Gasteiger partial charge in [0, 0.05) is 25.3 Å². The van der Waals surface area contributed by atoms with Gasteiger partial charge in [-0.05, 0) is 66.1 Å². The van der Waals surface area contributed by atoms with Gasteiger partial charge in [0.05, 0.1) is 26.4 Å². The second-order valence-corrected chi connectivity index (χ2v) is 12.2. The Kier molecular flexibility index (Phi) is 10.9. The Balaban J connectivity index is 1.28. The summed E-state index contributed by atoms with van der Waals surface area (Å²) < 4.78 is 31.3. The molecule has 1 aliphatic heterocycles. The number of nitrogens with one attached hydrogen (secondary N) is 1. The summed E-state index contributed by atoms with van der Waals surface area (Å²) in [7, 11) is 4.70. The molecule has 5 atom stereocenters. The van der Waals surface area contributed by atoms with Gasteiger partial charge in [0.1, 0.15) is 35.1 Å². The summed E-state index contributed by atoms with van der Waals surface area (Å²) >= 11 is 0.